The van der Waals surface area contributed by atoms with Gasteiger partial charge in [-0.1, -0.05) is 40.9 Å². The van der Waals surface area contributed by atoms with Crippen LogP contribution in [0.3, 0.4) is 0 Å². The van der Waals surface area contributed by atoms with Crippen molar-refractivity contribution in [1.82, 2.24) is 0 Å². The Kier molecular flexibility index (Phi) is 7.54. The van der Waals surface area contributed by atoms with E-state index >= 15 is 0 Å². The molecule has 1 amide bonds. The van der Waals surface area contributed by atoms with Crippen LogP contribution in [0.25, 0.3) is 6.08 Å². The number of carbonyl (C=O) groups excluding carboxylic acids is 1. The minimum atomic E-state index is -0.674. The molecule has 2 rings (SSSR count). The number of hydrogen-bond acceptors (Lipinski definition) is 5. The lowest BCUT2D eigenvalue weighted by Gasteiger charge is -2.11. The van der Waals surface area contributed by atoms with Crippen molar-refractivity contribution >= 4 is 52.5 Å². The Labute approximate surface area is 176 Å². The highest BCUT2D eigenvalue weighted by molar-refractivity contribution is 6.44. The molecule has 28 heavy (non-hydrogen) atoms. The molecule has 1 N–H and O–H groups in total. The van der Waals surface area contributed by atoms with E-state index in [9.17, 15) is 10.1 Å². The number of halogens is 3. The molecule has 0 radical (unpaired) electrons. The summed E-state index contributed by atoms with van der Waals surface area (Å²) in [5.74, 6) is -0.229. The van der Waals surface area contributed by atoms with Gasteiger partial charge in [-0.25, -0.2) is 0 Å². The number of anilines is 1. The third-order valence-electron chi connectivity index (χ3n) is 3.41. The van der Waals surface area contributed by atoms with Gasteiger partial charge in [-0.05, 0) is 35.9 Å². The van der Waals surface area contributed by atoms with E-state index in [1.807, 2.05) is 12.1 Å². The lowest BCUT2D eigenvalue weighted by molar-refractivity contribution is -0.112. The summed E-state index contributed by atoms with van der Waals surface area (Å²) in [5.41, 5.74) is 0.506. The van der Waals surface area contributed by atoms with Crippen LogP contribution in [-0.2, 0) is 4.79 Å². The molecule has 142 valence electrons. The zero-order chi connectivity index (χ0) is 20.7. The molecule has 0 saturated carbocycles. The fourth-order valence-electron chi connectivity index (χ4n) is 2.17. The zero-order valence-electron chi connectivity index (χ0n) is 14.4. The van der Waals surface area contributed by atoms with Gasteiger partial charge in [0, 0.05) is 0 Å². The molecule has 0 aliphatic carbocycles. The molecule has 0 atom stereocenters. The summed E-state index contributed by atoms with van der Waals surface area (Å²) in [6, 6.07) is 11.4. The molecule has 0 spiro atoms. The van der Waals surface area contributed by atoms with Gasteiger partial charge >= 0.3 is 0 Å². The minimum absolute atomic E-state index is 0.163. The second-order valence-corrected chi connectivity index (χ2v) is 6.40. The van der Waals surface area contributed by atoms with Gasteiger partial charge in [0.25, 0.3) is 5.91 Å². The smallest absolute Gasteiger partial charge is 0.266 e. The number of nitrogens with zero attached hydrogens (tertiary/aromatic N) is 2. The first-order valence-electron chi connectivity index (χ1n) is 7.65. The molecule has 0 saturated heterocycles. The second-order valence-electron chi connectivity index (χ2n) is 5.21. The lowest BCUT2D eigenvalue weighted by atomic mass is 10.1. The third-order valence-corrected chi connectivity index (χ3v) is 4.51. The largest absolute Gasteiger partial charge is 0.493 e. The normalized spacial score (nSPS) is 10.6. The lowest BCUT2D eigenvalue weighted by Crippen LogP contribution is -2.13. The molecule has 0 unspecified atom stereocenters. The number of hydrogen-bond donors (Lipinski definition) is 1. The highest BCUT2D eigenvalue weighted by Gasteiger charge is 2.15. The number of amides is 1. The van der Waals surface area contributed by atoms with Crippen molar-refractivity contribution in [3.63, 3.8) is 0 Å². The Morgan fingerprint density at radius 3 is 2.61 bits per heavy atom. The van der Waals surface area contributed by atoms with E-state index in [2.05, 4.69) is 5.32 Å². The van der Waals surface area contributed by atoms with Crippen LogP contribution in [0.15, 0.2) is 35.9 Å². The van der Waals surface area contributed by atoms with Gasteiger partial charge in [-0.2, -0.15) is 10.5 Å². The van der Waals surface area contributed by atoms with Crippen molar-refractivity contribution in [2.24, 2.45) is 0 Å². The average molecular weight is 437 g/mol. The highest BCUT2D eigenvalue weighted by atomic mass is 35.5. The standard InChI is InChI=1S/C19H12Cl3N3O3/c1-27-16-9-11(8-14(21)18(16)28-6-5-23)7-12(10-24)19(26)25-15-4-2-3-13(20)17(15)22/h2-4,7-9H,6H2,1H3,(H,25,26)/b12-7-. The number of methoxy groups -OCH3 is 1. The van der Waals surface area contributed by atoms with Crippen molar-refractivity contribution in [2.45, 2.75) is 0 Å². The van der Waals surface area contributed by atoms with Gasteiger partial charge in [0.05, 0.1) is 27.9 Å². The summed E-state index contributed by atoms with van der Waals surface area (Å²) in [6.45, 7) is -0.211. The Balaban J connectivity index is 2.34. The van der Waals surface area contributed by atoms with Gasteiger partial charge in [0.2, 0.25) is 0 Å². The molecule has 0 aliphatic heterocycles. The third kappa shape index (κ3) is 5.09. The predicted octanol–water partition coefficient (Wildman–Crippen LogP) is 5.10. The Hall–Kier alpha value is -2.90. The first kappa shape index (κ1) is 21.4. The monoisotopic (exact) mass is 435 g/mol. The number of nitriles is 2. The van der Waals surface area contributed by atoms with Gasteiger partial charge in [0.1, 0.15) is 17.7 Å². The van der Waals surface area contributed by atoms with Crippen molar-refractivity contribution < 1.29 is 14.3 Å². The first-order chi connectivity index (χ1) is 13.4. The van der Waals surface area contributed by atoms with E-state index in [1.165, 1.54) is 25.3 Å². The van der Waals surface area contributed by atoms with Crippen LogP contribution in [-0.4, -0.2) is 19.6 Å². The summed E-state index contributed by atoms with van der Waals surface area (Å²) in [7, 11) is 1.40. The summed E-state index contributed by atoms with van der Waals surface area (Å²) in [6.07, 6.45) is 1.33. The number of rotatable bonds is 6. The molecule has 0 bridgehead atoms. The van der Waals surface area contributed by atoms with E-state index in [-0.39, 0.29) is 44.4 Å². The fourth-order valence-corrected chi connectivity index (χ4v) is 2.79. The molecular weight excluding hydrogens is 425 g/mol. The van der Waals surface area contributed by atoms with Crippen LogP contribution < -0.4 is 14.8 Å². The Morgan fingerprint density at radius 2 is 1.96 bits per heavy atom. The molecule has 2 aromatic rings. The van der Waals surface area contributed by atoms with E-state index in [1.54, 1.807) is 18.2 Å². The molecule has 0 aromatic heterocycles. The van der Waals surface area contributed by atoms with Crippen LogP contribution >= 0.6 is 34.8 Å². The molecule has 0 heterocycles. The Bertz CT molecular complexity index is 1020. The molecule has 0 fully saturated rings. The zero-order valence-corrected chi connectivity index (χ0v) is 16.7. The summed E-state index contributed by atoms with van der Waals surface area (Å²) in [4.78, 5) is 12.4. The quantitative estimate of drug-likeness (QED) is 0.502. The topological polar surface area (TPSA) is 95.1 Å². The molecule has 2 aromatic carbocycles. The number of nitrogens with one attached hydrogen (secondary N) is 1. The van der Waals surface area contributed by atoms with E-state index < -0.39 is 5.91 Å². The maximum absolute atomic E-state index is 12.4. The molecule has 6 nitrogen and oxygen atoms in total. The van der Waals surface area contributed by atoms with Crippen molar-refractivity contribution in [3.05, 3.63) is 56.5 Å². The number of ether oxygens (including phenoxy) is 2. The summed E-state index contributed by atoms with van der Waals surface area (Å²) < 4.78 is 10.4. The fraction of sp³-hybridized carbons (Fsp3) is 0.105. The first-order valence-corrected chi connectivity index (χ1v) is 8.79. The van der Waals surface area contributed by atoms with Gasteiger partial charge in [0.15, 0.2) is 18.1 Å². The van der Waals surface area contributed by atoms with Crippen molar-refractivity contribution in [2.75, 3.05) is 19.0 Å². The number of benzene rings is 2. The maximum atomic E-state index is 12.4. The van der Waals surface area contributed by atoms with Crippen molar-refractivity contribution in [3.8, 4) is 23.6 Å². The average Bonchev–Trinajstić information content (AvgIpc) is 2.68. The highest BCUT2D eigenvalue weighted by Crippen LogP contribution is 2.37. The maximum Gasteiger partial charge on any atom is 0.266 e. The molecule has 9 heteroatoms. The predicted molar refractivity (Wildman–Crippen MR) is 108 cm³/mol. The SMILES string of the molecule is COc1cc(/C=C(/C#N)C(=O)Nc2cccc(Cl)c2Cl)cc(Cl)c1OCC#N. The van der Waals surface area contributed by atoms with Crippen LogP contribution in [0.4, 0.5) is 5.69 Å². The van der Waals surface area contributed by atoms with Crippen LogP contribution in [0.5, 0.6) is 11.5 Å². The molecular formula is C19H12Cl3N3O3. The van der Waals surface area contributed by atoms with Gasteiger partial charge in [-0.3, -0.25) is 4.79 Å². The number of carbonyl (C=O) groups is 1. The summed E-state index contributed by atoms with van der Waals surface area (Å²) >= 11 is 18.1. The second kappa shape index (κ2) is 9.87. The summed E-state index contributed by atoms with van der Waals surface area (Å²) in [5, 5.41) is 21.1. The van der Waals surface area contributed by atoms with E-state index in [4.69, 9.17) is 49.5 Å². The van der Waals surface area contributed by atoms with Crippen LogP contribution in [0.1, 0.15) is 5.56 Å². The van der Waals surface area contributed by atoms with Crippen LogP contribution in [0, 0.1) is 22.7 Å². The van der Waals surface area contributed by atoms with Gasteiger partial charge < -0.3 is 14.8 Å². The minimum Gasteiger partial charge on any atom is -0.493 e. The van der Waals surface area contributed by atoms with Crippen LogP contribution in [0.2, 0.25) is 15.1 Å². The van der Waals surface area contributed by atoms with E-state index in [0.717, 1.165) is 0 Å². The van der Waals surface area contributed by atoms with E-state index in [0.29, 0.717) is 5.56 Å². The molecule has 0 aliphatic rings. The van der Waals surface area contributed by atoms with Crippen molar-refractivity contribution in [1.29, 1.82) is 10.5 Å². The van der Waals surface area contributed by atoms with Gasteiger partial charge in [-0.15, -0.1) is 0 Å². The Morgan fingerprint density at radius 1 is 1.21 bits per heavy atom.